The summed E-state index contributed by atoms with van der Waals surface area (Å²) in [6.45, 7) is 0. The van der Waals surface area contributed by atoms with Crippen molar-refractivity contribution in [1.82, 2.24) is 0 Å². The summed E-state index contributed by atoms with van der Waals surface area (Å²) in [7, 11) is 2.18. The quantitative estimate of drug-likeness (QED) is 0.630. The van der Waals surface area contributed by atoms with Crippen molar-refractivity contribution in [2.45, 2.75) is 12.5 Å². The average Bonchev–Trinajstić information content (AvgIpc) is 2.61. The van der Waals surface area contributed by atoms with Gasteiger partial charge in [-0.25, -0.2) is 0 Å². The van der Waals surface area contributed by atoms with Gasteiger partial charge in [0.25, 0.3) is 0 Å². The fraction of sp³-hybridized carbons (Fsp3) is 0.143. The third-order valence-electron chi connectivity index (χ3n) is 4.09. The Morgan fingerprint density at radius 1 is 0.682 bits per heavy atom. The largest absolute Gasteiger partial charge is 0.367 e. The second-order valence-corrected chi connectivity index (χ2v) is 5.56. The third kappa shape index (κ3) is 3.37. The molecule has 22 heavy (non-hydrogen) atoms. The van der Waals surface area contributed by atoms with E-state index < -0.39 is 0 Å². The first-order valence-corrected chi connectivity index (χ1v) is 7.71. The predicted octanol–water partition coefficient (Wildman–Crippen LogP) is 5.11. The number of likely N-dealkylation sites (N-methyl/N-ethyl adjacent to an activating group) is 1. The van der Waals surface area contributed by atoms with Crippen molar-refractivity contribution in [2.24, 2.45) is 0 Å². The molecule has 110 valence electrons. The van der Waals surface area contributed by atoms with Crippen molar-refractivity contribution in [3.05, 3.63) is 102 Å². The van der Waals surface area contributed by atoms with Gasteiger partial charge in [-0.3, -0.25) is 0 Å². The molecule has 0 aliphatic carbocycles. The van der Waals surface area contributed by atoms with Crippen LogP contribution >= 0.6 is 0 Å². The summed E-state index contributed by atoms with van der Waals surface area (Å²) in [4.78, 5) is 2.36. The SMILES string of the molecule is CN(c1ccccc1)C(Cc1ccccc1)c1ccccc1. The van der Waals surface area contributed by atoms with Gasteiger partial charge in [-0.15, -0.1) is 0 Å². The molecule has 1 heteroatoms. The first kappa shape index (κ1) is 14.4. The highest BCUT2D eigenvalue weighted by Gasteiger charge is 2.17. The van der Waals surface area contributed by atoms with E-state index in [0.29, 0.717) is 6.04 Å². The van der Waals surface area contributed by atoms with Crippen LogP contribution in [0.5, 0.6) is 0 Å². The minimum Gasteiger partial charge on any atom is -0.367 e. The molecule has 3 aromatic carbocycles. The van der Waals surface area contributed by atoms with E-state index in [-0.39, 0.29) is 0 Å². The van der Waals surface area contributed by atoms with Crippen LogP contribution in [-0.4, -0.2) is 7.05 Å². The lowest BCUT2D eigenvalue weighted by Crippen LogP contribution is -2.26. The Bertz CT molecular complexity index is 677. The predicted molar refractivity (Wildman–Crippen MR) is 94.2 cm³/mol. The Kier molecular flexibility index (Phi) is 4.55. The normalized spacial score (nSPS) is 11.9. The highest BCUT2D eigenvalue weighted by atomic mass is 15.1. The minimum atomic E-state index is 0.325. The van der Waals surface area contributed by atoms with Gasteiger partial charge < -0.3 is 4.90 Å². The number of rotatable bonds is 5. The first-order chi connectivity index (χ1) is 10.8. The number of nitrogens with zero attached hydrogens (tertiary/aromatic N) is 1. The van der Waals surface area contributed by atoms with Crippen molar-refractivity contribution in [2.75, 3.05) is 11.9 Å². The molecule has 1 nitrogen and oxygen atoms in total. The van der Waals surface area contributed by atoms with E-state index in [2.05, 4.69) is 103 Å². The number of hydrogen-bond acceptors (Lipinski definition) is 1. The smallest absolute Gasteiger partial charge is 0.0579 e. The molecule has 0 amide bonds. The lowest BCUT2D eigenvalue weighted by atomic mass is 9.97. The van der Waals surface area contributed by atoms with Crippen LogP contribution in [0.2, 0.25) is 0 Å². The third-order valence-corrected chi connectivity index (χ3v) is 4.09. The Morgan fingerprint density at radius 2 is 1.18 bits per heavy atom. The average molecular weight is 287 g/mol. The molecule has 0 spiro atoms. The van der Waals surface area contributed by atoms with Crippen molar-refractivity contribution in [3.63, 3.8) is 0 Å². The summed E-state index contributed by atoms with van der Waals surface area (Å²) in [5.41, 5.74) is 3.95. The molecular weight excluding hydrogens is 266 g/mol. The molecule has 0 aliphatic heterocycles. The molecule has 0 fully saturated rings. The molecule has 1 atom stereocenters. The van der Waals surface area contributed by atoms with Gasteiger partial charge in [0.1, 0.15) is 0 Å². The fourth-order valence-corrected chi connectivity index (χ4v) is 2.83. The minimum absolute atomic E-state index is 0.325. The zero-order valence-electron chi connectivity index (χ0n) is 12.9. The lowest BCUT2D eigenvalue weighted by molar-refractivity contribution is 0.667. The summed E-state index contributed by atoms with van der Waals surface area (Å²) >= 11 is 0. The van der Waals surface area contributed by atoms with E-state index in [9.17, 15) is 0 Å². The molecule has 3 rings (SSSR count). The maximum absolute atomic E-state index is 2.36. The number of hydrogen-bond donors (Lipinski definition) is 0. The number of para-hydroxylation sites is 1. The van der Waals surface area contributed by atoms with Crippen molar-refractivity contribution in [3.8, 4) is 0 Å². The van der Waals surface area contributed by atoms with Crippen LogP contribution in [0.1, 0.15) is 17.2 Å². The zero-order valence-corrected chi connectivity index (χ0v) is 12.9. The molecule has 0 saturated heterocycles. The van der Waals surface area contributed by atoms with Gasteiger partial charge in [0, 0.05) is 12.7 Å². The lowest BCUT2D eigenvalue weighted by Gasteiger charge is -2.31. The van der Waals surface area contributed by atoms with E-state index in [4.69, 9.17) is 0 Å². The van der Waals surface area contributed by atoms with E-state index in [1.54, 1.807) is 0 Å². The maximum atomic E-state index is 2.36. The van der Waals surface area contributed by atoms with Crippen LogP contribution in [0.4, 0.5) is 5.69 Å². The molecular formula is C21H21N. The zero-order chi connectivity index (χ0) is 15.2. The van der Waals surface area contributed by atoms with Crippen LogP contribution in [-0.2, 0) is 6.42 Å². The maximum Gasteiger partial charge on any atom is 0.0579 e. The van der Waals surface area contributed by atoms with Crippen LogP contribution in [0.15, 0.2) is 91.0 Å². The summed E-state index contributed by atoms with van der Waals surface area (Å²) in [5, 5.41) is 0. The van der Waals surface area contributed by atoms with Gasteiger partial charge in [-0.2, -0.15) is 0 Å². The van der Waals surface area contributed by atoms with Crippen LogP contribution in [0, 0.1) is 0 Å². The number of benzene rings is 3. The molecule has 1 unspecified atom stereocenters. The van der Waals surface area contributed by atoms with E-state index in [1.807, 2.05) is 0 Å². The molecule has 0 N–H and O–H groups in total. The standard InChI is InChI=1S/C21H21N/c1-22(20-15-9-4-10-16-20)21(19-13-7-3-8-14-19)17-18-11-5-2-6-12-18/h2-16,21H,17H2,1H3. The summed E-state index contributed by atoms with van der Waals surface area (Å²) < 4.78 is 0. The molecule has 0 saturated carbocycles. The van der Waals surface area contributed by atoms with Gasteiger partial charge >= 0.3 is 0 Å². The van der Waals surface area contributed by atoms with E-state index >= 15 is 0 Å². The molecule has 0 aliphatic rings. The number of anilines is 1. The molecule has 0 bridgehead atoms. The first-order valence-electron chi connectivity index (χ1n) is 7.71. The molecule has 0 aromatic heterocycles. The van der Waals surface area contributed by atoms with Crippen LogP contribution < -0.4 is 4.90 Å². The van der Waals surface area contributed by atoms with Crippen molar-refractivity contribution < 1.29 is 0 Å². The molecule has 3 aromatic rings. The Hall–Kier alpha value is -2.54. The van der Waals surface area contributed by atoms with Crippen LogP contribution in [0.25, 0.3) is 0 Å². The van der Waals surface area contributed by atoms with Gasteiger partial charge in [-0.1, -0.05) is 78.9 Å². The Balaban J connectivity index is 1.93. The highest BCUT2D eigenvalue weighted by Crippen LogP contribution is 2.28. The molecule has 0 radical (unpaired) electrons. The van der Waals surface area contributed by atoms with Gasteiger partial charge in [0.2, 0.25) is 0 Å². The van der Waals surface area contributed by atoms with Crippen LogP contribution in [0.3, 0.4) is 0 Å². The summed E-state index contributed by atoms with van der Waals surface area (Å²) in [6, 6.07) is 32.3. The van der Waals surface area contributed by atoms with E-state index in [1.165, 1.54) is 16.8 Å². The topological polar surface area (TPSA) is 3.24 Å². The summed E-state index contributed by atoms with van der Waals surface area (Å²) in [6.07, 6.45) is 0.996. The van der Waals surface area contributed by atoms with Gasteiger partial charge in [-0.05, 0) is 29.7 Å². The summed E-state index contributed by atoms with van der Waals surface area (Å²) in [5.74, 6) is 0. The highest BCUT2D eigenvalue weighted by molar-refractivity contribution is 5.48. The van der Waals surface area contributed by atoms with E-state index in [0.717, 1.165) is 6.42 Å². The van der Waals surface area contributed by atoms with Crippen molar-refractivity contribution in [1.29, 1.82) is 0 Å². The monoisotopic (exact) mass is 287 g/mol. The van der Waals surface area contributed by atoms with Gasteiger partial charge in [0.05, 0.1) is 6.04 Å². The Morgan fingerprint density at radius 3 is 1.77 bits per heavy atom. The van der Waals surface area contributed by atoms with Gasteiger partial charge in [0.15, 0.2) is 0 Å². The second-order valence-electron chi connectivity index (χ2n) is 5.56. The Labute approximate surface area is 132 Å². The van der Waals surface area contributed by atoms with Crippen molar-refractivity contribution >= 4 is 5.69 Å². The fourth-order valence-electron chi connectivity index (χ4n) is 2.83. The molecule has 0 heterocycles. The second kappa shape index (κ2) is 6.95.